The lowest BCUT2D eigenvalue weighted by molar-refractivity contribution is 0.0468. The van der Waals surface area contributed by atoms with Crippen LogP contribution in [0.1, 0.15) is 12.8 Å². The van der Waals surface area contributed by atoms with E-state index in [9.17, 15) is 0 Å². The van der Waals surface area contributed by atoms with E-state index in [1.807, 2.05) is 13.1 Å². The van der Waals surface area contributed by atoms with E-state index in [0.717, 1.165) is 13.2 Å². The number of likely N-dealkylation sites (N-methyl/N-ethyl adjacent to an activating group) is 1. The van der Waals surface area contributed by atoms with E-state index in [2.05, 4.69) is 11.9 Å². The Hall–Kier alpha value is -0.340. The average molecular weight is 155 g/mol. The summed E-state index contributed by atoms with van der Waals surface area (Å²) < 4.78 is 5.38. The van der Waals surface area contributed by atoms with E-state index in [4.69, 9.17) is 4.74 Å². The average Bonchev–Trinajstić information content (AvgIpc) is 2.09. The minimum Gasteiger partial charge on any atom is -0.381 e. The second-order valence-corrected chi connectivity index (χ2v) is 3.03. The van der Waals surface area contributed by atoms with Crippen molar-refractivity contribution in [1.82, 2.24) is 5.32 Å². The van der Waals surface area contributed by atoms with Crippen molar-refractivity contribution in [3.05, 3.63) is 12.7 Å². The Morgan fingerprint density at radius 2 is 2.55 bits per heavy atom. The predicted molar refractivity (Wildman–Crippen MR) is 46.6 cm³/mol. The number of ether oxygens (including phenoxy) is 1. The molecule has 1 rings (SSSR count). The van der Waals surface area contributed by atoms with E-state index in [1.54, 1.807) is 0 Å². The summed E-state index contributed by atoms with van der Waals surface area (Å²) >= 11 is 0. The van der Waals surface area contributed by atoms with Gasteiger partial charge in [-0.15, -0.1) is 6.58 Å². The summed E-state index contributed by atoms with van der Waals surface area (Å²) in [5.41, 5.74) is 0. The lowest BCUT2D eigenvalue weighted by Crippen LogP contribution is -2.36. The zero-order valence-corrected chi connectivity index (χ0v) is 7.18. The maximum Gasteiger partial charge on any atom is 0.0512 e. The molecule has 11 heavy (non-hydrogen) atoms. The van der Waals surface area contributed by atoms with Crippen molar-refractivity contribution >= 4 is 0 Å². The quantitative estimate of drug-likeness (QED) is 0.618. The molecule has 0 aromatic rings. The Labute approximate surface area is 68.6 Å². The summed E-state index contributed by atoms with van der Waals surface area (Å²) in [7, 11) is 1.97. The second kappa shape index (κ2) is 4.52. The van der Waals surface area contributed by atoms with Crippen molar-refractivity contribution in [2.75, 3.05) is 20.3 Å². The molecular formula is C9H17NO. The first-order valence-electron chi connectivity index (χ1n) is 4.26. The van der Waals surface area contributed by atoms with Gasteiger partial charge in [0, 0.05) is 18.6 Å². The van der Waals surface area contributed by atoms with Crippen LogP contribution in [0.25, 0.3) is 0 Å². The molecule has 1 N–H and O–H groups in total. The summed E-state index contributed by atoms with van der Waals surface area (Å²) in [5.74, 6) is 0.631. The van der Waals surface area contributed by atoms with E-state index in [0.29, 0.717) is 12.0 Å². The van der Waals surface area contributed by atoms with E-state index in [1.165, 1.54) is 12.8 Å². The summed E-state index contributed by atoms with van der Waals surface area (Å²) in [4.78, 5) is 0. The van der Waals surface area contributed by atoms with Crippen LogP contribution in [0.5, 0.6) is 0 Å². The van der Waals surface area contributed by atoms with Gasteiger partial charge in [-0.3, -0.25) is 0 Å². The number of rotatable bonds is 3. The lowest BCUT2D eigenvalue weighted by Gasteiger charge is -2.27. The molecule has 0 bridgehead atoms. The molecule has 64 valence electrons. The van der Waals surface area contributed by atoms with E-state index in [-0.39, 0.29) is 0 Å². The van der Waals surface area contributed by atoms with Gasteiger partial charge in [0.1, 0.15) is 0 Å². The van der Waals surface area contributed by atoms with Gasteiger partial charge in [0.15, 0.2) is 0 Å². The van der Waals surface area contributed by atoms with Crippen LogP contribution in [-0.2, 0) is 4.74 Å². The van der Waals surface area contributed by atoms with Gasteiger partial charge >= 0.3 is 0 Å². The van der Waals surface area contributed by atoms with Gasteiger partial charge < -0.3 is 10.1 Å². The molecule has 1 aliphatic rings. The standard InChI is InChI=1S/C9H17NO/c1-3-9(10-2)8-5-4-6-11-7-8/h3,8-10H,1,4-7H2,2H3. The molecule has 0 radical (unpaired) electrons. The SMILES string of the molecule is C=CC(NC)C1CCCOC1. The molecule has 2 atom stereocenters. The zero-order chi connectivity index (χ0) is 8.10. The molecule has 2 heteroatoms. The monoisotopic (exact) mass is 155 g/mol. The highest BCUT2D eigenvalue weighted by atomic mass is 16.5. The fourth-order valence-corrected chi connectivity index (χ4v) is 1.59. The smallest absolute Gasteiger partial charge is 0.0512 e. The van der Waals surface area contributed by atoms with Crippen molar-refractivity contribution in [2.24, 2.45) is 5.92 Å². The molecule has 0 saturated carbocycles. The molecule has 0 aromatic carbocycles. The van der Waals surface area contributed by atoms with Crippen LogP contribution in [0.15, 0.2) is 12.7 Å². The summed E-state index contributed by atoms with van der Waals surface area (Å²) in [6.07, 6.45) is 4.42. The van der Waals surface area contributed by atoms with Gasteiger partial charge in [-0.1, -0.05) is 6.08 Å². The van der Waals surface area contributed by atoms with Gasteiger partial charge in [-0.2, -0.15) is 0 Å². The maximum atomic E-state index is 5.38. The lowest BCUT2D eigenvalue weighted by atomic mass is 9.94. The summed E-state index contributed by atoms with van der Waals surface area (Å²) in [5, 5.41) is 3.22. The Bertz CT molecular complexity index is 119. The second-order valence-electron chi connectivity index (χ2n) is 3.03. The Morgan fingerprint density at radius 1 is 1.73 bits per heavy atom. The third-order valence-corrected chi connectivity index (χ3v) is 2.29. The molecule has 0 spiro atoms. The van der Waals surface area contributed by atoms with E-state index >= 15 is 0 Å². The first-order valence-corrected chi connectivity index (χ1v) is 4.26. The molecule has 0 amide bonds. The number of hydrogen-bond acceptors (Lipinski definition) is 2. The van der Waals surface area contributed by atoms with Crippen LogP contribution in [0.4, 0.5) is 0 Å². The minimum atomic E-state index is 0.426. The number of hydrogen-bond donors (Lipinski definition) is 1. The highest BCUT2D eigenvalue weighted by Crippen LogP contribution is 2.17. The third-order valence-electron chi connectivity index (χ3n) is 2.29. The minimum absolute atomic E-state index is 0.426. The summed E-state index contributed by atoms with van der Waals surface area (Å²) in [6, 6.07) is 0.426. The fraction of sp³-hybridized carbons (Fsp3) is 0.778. The Balaban J connectivity index is 2.35. The van der Waals surface area contributed by atoms with Gasteiger partial charge in [-0.05, 0) is 19.9 Å². The first kappa shape index (κ1) is 8.75. The van der Waals surface area contributed by atoms with Gasteiger partial charge in [0.05, 0.1) is 6.61 Å². The Morgan fingerprint density at radius 3 is 3.00 bits per heavy atom. The molecule has 2 nitrogen and oxygen atoms in total. The normalized spacial score (nSPS) is 27.9. The van der Waals surface area contributed by atoms with Crippen LogP contribution in [0, 0.1) is 5.92 Å². The van der Waals surface area contributed by atoms with Crippen molar-refractivity contribution in [3.8, 4) is 0 Å². The van der Waals surface area contributed by atoms with Crippen molar-refractivity contribution in [3.63, 3.8) is 0 Å². The fourth-order valence-electron chi connectivity index (χ4n) is 1.59. The molecule has 0 aromatic heterocycles. The molecule has 1 heterocycles. The maximum absolute atomic E-state index is 5.38. The third kappa shape index (κ3) is 2.31. The van der Waals surface area contributed by atoms with Gasteiger partial charge in [0.25, 0.3) is 0 Å². The van der Waals surface area contributed by atoms with E-state index < -0.39 is 0 Å². The van der Waals surface area contributed by atoms with Crippen LogP contribution in [0.3, 0.4) is 0 Å². The number of nitrogens with one attached hydrogen (secondary N) is 1. The molecule has 0 aliphatic carbocycles. The van der Waals surface area contributed by atoms with Crippen LogP contribution in [-0.4, -0.2) is 26.3 Å². The van der Waals surface area contributed by atoms with Gasteiger partial charge in [-0.25, -0.2) is 0 Å². The Kier molecular flexibility index (Phi) is 3.60. The molecule has 1 saturated heterocycles. The van der Waals surface area contributed by atoms with Crippen molar-refractivity contribution < 1.29 is 4.74 Å². The molecule has 2 unspecified atom stereocenters. The highest BCUT2D eigenvalue weighted by molar-refractivity contribution is 4.90. The van der Waals surface area contributed by atoms with Crippen molar-refractivity contribution in [2.45, 2.75) is 18.9 Å². The topological polar surface area (TPSA) is 21.3 Å². The van der Waals surface area contributed by atoms with Crippen LogP contribution in [0.2, 0.25) is 0 Å². The van der Waals surface area contributed by atoms with Crippen LogP contribution < -0.4 is 5.32 Å². The molecular weight excluding hydrogens is 138 g/mol. The highest BCUT2D eigenvalue weighted by Gasteiger charge is 2.19. The first-order chi connectivity index (χ1) is 5.38. The van der Waals surface area contributed by atoms with Crippen molar-refractivity contribution in [1.29, 1.82) is 0 Å². The summed E-state index contributed by atoms with van der Waals surface area (Å²) in [6.45, 7) is 5.61. The molecule has 1 aliphatic heterocycles. The molecule has 1 fully saturated rings. The van der Waals surface area contributed by atoms with Gasteiger partial charge in [0.2, 0.25) is 0 Å². The van der Waals surface area contributed by atoms with Crippen LogP contribution >= 0.6 is 0 Å². The zero-order valence-electron chi connectivity index (χ0n) is 7.18. The largest absolute Gasteiger partial charge is 0.381 e. The predicted octanol–water partition coefficient (Wildman–Crippen LogP) is 1.19.